The second-order valence-electron chi connectivity index (χ2n) is 4.89. The fourth-order valence-electron chi connectivity index (χ4n) is 2.69. The van der Waals surface area contributed by atoms with E-state index in [2.05, 4.69) is 71.3 Å². The number of nitrogens with one attached hydrogen (secondary N) is 1. The Labute approximate surface area is 106 Å². The summed E-state index contributed by atoms with van der Waals surface area (Å²) in [5, 5.41) is 3.42. The van der Waals surface area contributed by atoms with Gasteiger partial charge in [0.05, 0.1) is 5.69 Å². The molecule has 0 aliphatic carbocycles. The third kappa shape index (κ3) is 1.87. The summed E-state index contributed by atoms with van der Waals surface area (Å²) in [6.45, 7) is 5.72. The number of anilines is 1. The molecule has 1 heterocycles. The molecule has 1 aliphatic rings. The van der Waals surface area contributed by atoms with E-state index in [1.54, 1.807) is 0 Å². The molecule has 0 bridgehead atoms. The quantitative estimate of drug-likeness (QED) is 0.897. The van der Waals surface area contributed by atoms with Crippen molar-refractivity contribution < 1.29 is 0 Å². The number of benzene rings is 1. The van der Waals surface area contributed by atoms with Crippen molar-refractivity contribution in [1.29, 1.82) is 0 Å². The van der Waals surface area contributed by atoms with Crippen molar-refractivity contribution in [1.82, 2.24) is 5.32 Å². The molecule has 0 saturated carbocycles. The summed E-state index contributed by atoms with van der Waals surface area (Å²) in [6.07, 6.45) is 1.20. The van der Waals surface area contributed by atoms with Gasteiger partial charge in [-0.3, -0.25) is 0 Å². The molecule has 88 valence electrons. The van der Waals surface area contributed by atoms with Crippen LogP contribution in [0, 0.1) is 0 Å². The van der Waals surface area contributed by atoms with E-state index in [4.69, 9.17) is 0 Å². The lowest BCUT2D eigenvalue weighted by atomic mass is 9.95. The van der Waals surface area contributed by atoms with Crippen molar-refractivity contribution in [3.8, 4) is 0 Å². The zero-order chi connectivity index (χ0) is 11.8. The van der Waals surface area contributed by atoms with Crippen molar-refractivity contribution >= 4 is 21.6 Å². The molecule has 16 heavy (non-hydrogen) atoms. The van der Waals surface area contributed by atoms with Crippen LogP contribution in [0.4, 0.5) is 5.69 Å². The molecule has 0 aromatic heterocycles. The van der Waals surface area contributed by atoms with E-state index in [0.717, 1.165) is 6.54 Å². The Morgan fingerprint density at radius 3 is 2.62 bits per heavy atom. The van der Waals surface area contributed by atoms with E-state index in [9.17, 15) is 0 Å². The van der Waals surface area contributed by atoms with Crippen LogP contribution in [0.1, 0.15) is 20.3 Å². The molecule has 0 amide bonds. The molecule has 2 rings (SSSR count). The first kappa shape index (κ1) is 11.9. The van der Waals surface area contributed by atoms with Crippen molar-refractivity contribution in [2.24, 2.45) is 0 Å². The minimum absolute atomic E-state index is 0.165. The highest BCUT2D eigenvalue weighted by Crippen LogP contribution is 2.37. The summed E-state index contributed by atoms with van der Waals surface area (Å²) < 4.78 is 1.18. The lowest BCUT2D eigenvalue weighted by molar-refractivity contribution is 0.403. The van der Waals surface area contributed by atoms with Crippen LogP contribution in [0.2, 0.25) is 0 Å². The van der Waals surface area contributed by atoms with Gasteiger partial charge in [0.2, 0.25) is 0 Å². The van der Waals surface area contributed by atoms with Gasteiger partial charge in [-0.25, -0.2) is 0 Å². The first-order valence-electron chi connectivity index (χ1n) is 5.77. The second kappa shape index (κ2) is 4.38. The normalized spacial score (nSPS) is 23.8. The van der Waals surface area contributed by atoms with Gasteiger partial charge in [0.25, 0.3) is 0 Å². The Morgan fingerprint density at radius 1 is 1.38 bits per heavy atom. The fraction of sp³-hybridized carbons (Fsp3) is 0.538. The second-order valence-corrected chi connectivity index (χ2v) is 5.74. The molecule has 3 heteroatoms. The van der Waals surface area contributed by atoms with Crippen molar-refractivity contribution in [3.05, 3.63) is 28.7 Å². The predicted octanol–water partition coefficient (Wildman–Crippen LogP) is 3.03. The summed E-state index contributed by atoms with van der Waals surface area (Å²) in [4.78, 5) is 2.48. The number of para-hydroxylation sites is 1. The van der Waals surface area contributed by atoms with Crippen LogP contribution in [-0.2, 0) is 0 Å². The van der Waals surface area contributed by atoms with Gasteiger partial charge in [-0.15, -0.1) is 0 Å². The Kier molecular flexibility index (Phi) is 3.27. The average Bonchev–Trinajstić information content (AvgIpc) is 2.54. The average molecular weight is 283 g/mol. The highest BCUT2D eigenvalue weighted by molar-refractivity contribution is 9.10. The van der Waals surface area contributed by atoms with Gasteiger partial charge in [0.1, 0.15) is 0 Å². The summed E-state index contributed by atoms with van der Waals surface area (Å²) >= 11 is 3.64. The molecule has 1 saturated heterocycles. The van der Waals surface area contributed by atoms with Gasteiger partial charge < -0.3 is 10.2 Å². The highest BCUT2D eigenvalue weighted by atomic mass is 79.9. The molecule has 1 atom stereocenters. The lowest BCUT2D eigenvalue weighted by Crippen LogP contribution is -2.50. The van der Waals surface area contributed by atoms with Gasteiger partial charge in [-0.05, 0) is 55.4 Å². The summed E-state index contributed by atoms with van der Waals surface area (Å²) in [5.74, 6) is 0. The molecular weight excluding hydrogens is 264 g/mol. The van der Waals surface area contributed by atoms with Crippen molar-refractivity contribution in [2.45, 2.75) is 31.8 Å². The van der Waals surface area contributed by atoms with Crippen LogP contribution in [-0.4, -0.2) is 25.2 Å². The van der Waals surface area contributed by atoms with Gasteiger partial charge in [-0.2, -0.15) is 0 Å². The van der Waals surface area contributed by atoms with Crippen LogP contribution < -0.4 is 10.2 Å². The van der Waals surface area contributed by atoms with E-state index in [1.807, 2.05) is 0 Å². The first-order valence-corrected chi connectivity index (χ1v) is 6.56. The molecule has 1 aromatic rings. The van der Waals surface area contributed by atoms with Gasteiger partial charge in [0, 0.05) is 22.6 Å². The standard InChI is InChI=1S/C13H19BrN2/c1-13(2)12(15-3)8-9-16(13)11-7-5-4-6-10(11)14/h4-7,12,15H,8-9H2,1-3H3. The maximum atomic E-state index is 3.64. The number of hydrogen-bond donors (Lipinski definition) is 1. The predicted molar refractivity (Wildman–Crippen MR) is 73.0 cm³/mol. The van der Waals surface area contributed by atoms with Crippen LogP contribution in [0.3, 0.4) is 0 Å². The number of rotatable bonds is 2. The van der Waals surface area contributed by atoms with Crippen LogP contribution in [0.25, 0.3) is 0 Å². The zero-order valence-electron chi connectivity index (χ0n) is 10.1. The Hall–Kier alpha value is -0.540. The van der Waals surface area contributed by atoms with E-state index in [0.29, 0.717) is 6.04 Å². The molecule has 1 unspecified atom stereocenters. The number of halogens is 1. The van der Waals surface area contributed by atoms with E-state index < -0.39 is 0 Å². The SMILES string of the molecule is CNC1CCN(c2ccccc2Br)C1(C)C. The van der Waals surface area contributed by atoms with Gasteiger partial charge in [0.15, 0.2) is 0 Å². The topological polar surface area (TPSA) is 15.3 Å². The minimum Gasteiger partial charge on any atom is -0.364 e. The largest absolute Gasteiger partial charge is 0.364 e. The third-order valence-corrected chi connectivity index (χ3v) is 4.35. The van der Waals surface area contributed by atoms with E-state index in [-0.39, 0.29) is 5.54 Å². The molecule has 1 aliphatic heterocycles. The molecule has 1 N–H and O–H groups in total. The molecular formula is C13H19BrN2. The van der Waals surface area contributed by atoms with Crippen molar-refractivity contribution in [3.63, 3.8) is 0 Å². The van der Waals surface area contributed by atoms with Gasteiger partial charge in [-0.1, -0.05) is 12.1 Å². The molecule has 0 radical (unpaired) electrons. The third-order valence-electron chi connectivity index (χ3n) is 3.68. The first-order chi connectivity index (χ1) is 7.57. The molecule has 1 aromatic carbocycles. The summed E-state index contributed by atoms with van der Waals surface area (Å²) in [6, 6.07) is 9.01. The van der Waals surface area contributed by atoms with Crippen LogP contribution >= 0.6 is 15.9 Å². The molecule has 1 fully saturated rings. The number of likely N-dealkylation sites (N-methyl/N-ethyl adjacent to an activating group) is 1. The lowest BCUT2D eigenvalue weighted by Gasteiger charge is -2.38. The summed E-state index contributed by atoms with van der Waals surface area (Å²) in [7, 11) is 2.05. The maximum Gasteiger partial charge on any atom is 0.0515 e. The van der Waals surface area contributed by atoms with Crippen LogP contribution in [0.5, 0.6) is 0 Å². The maximum absolute atomic E-state index is 3.64. The van der Waals surface area contributed by atoms with Crippen molar-refractivity contribution in [2.75, 3.05) is 18.5 Å². The van der Waals surface area contributed by atoms with Gasteiger partial charge >= 0.3 is 0 Å². The Bertz CT molecular complexity index is 376. The minimum atomic E-state index is 0.165. The number of nitrogens with zero attached hydrogens (tertiary/aromatic N) is 1. The molecule has 2 nitrogen and oxygen atoms in total. The smallest absolute Gasteiger partial charge is 0.0515 e. The van der Waals surface area contributed by atoms with E-state index in [1.165, 1.54) is 16.6 Å². The Balaban J connectivity index is 2.33. The Morgan fingerprint density at radius 2 is 2.06 bits per heavy atom. The fourth-order valence-corrected chi connectivity index (χ4v) is 3.19. The summed E-state index contributed by atoms with van der Waals surface area (Å²) in [5.41, 5.74) is 1.46. The monoisotopic (exact) mass is 282 g/mol. The highest BCUT2D eigenvalue weighted by Gasteiger charge is 2.40. The zero-order valence-corrected chi connectivity index (χ0v) is 11.7. The number of hydrogen-bond acceptors (Lipinski definition) is 2. The van der Waals surface area contributed by atoms with E-state index >= 15 is 0 Å². The molecule has 0 spiro atoms. The van der Waals surface area contributed by atoms with Crippen LogP contribution in [0.15, 0.2) is 28.7 Å².